The van der Waals surface area contributed by atoms with E-state index in [-0.39, 0.29) is 5.91 Å². The van der Waals surface area contributed by atoms with Crippen molar-refractivity contribution in [3.05, 3.63) is 63.6 Å². The van der Waals surface area contributed by atoms with Gasteiger partial charge in [-0.25, -0.2) is 0 Å². The second kappa shape index (κ2) is 7.16. The Morgan fingerprint density at radius 2 is 2.00 bits per heavy atom. The molecule has 0 aromatic heterocycles. The molecule has 1 aliphatic rings. The van der Waals surface area contributed by atoms with E-state index in [1.54, 1.807) is 23.9 Å². The second-order valence-electron chi connectivity index (χ2n) is 5.71. The summed E-state index contributed by atoms with van der Waals surface area (Å²) in [5.41, 5.74) is 1.84. The highest BCUT2D eigenvalue weighted by Crippen LogP contribution is 2.32. The van der Waals surface area contributed by atoms with Crippen molar-refractivity contribution >= 4 is 40.9 Å². The van der Waals surface area contributed by atoms with Gasteiger partial charge in [-0.1, -0.05) is 35.3 Å². The Morgan fingerprint density at radius 3 is 2.74 bits per heavy atom. The van der Waals surface area contributed by atoms with Crippen molar-refractivity contribution in [1.82, 2.24) is 4.90 Å². The molecule has 120 valence electrons. The van der Waals surface area contributed by atoms with Crippen molar-refractivity contribution in [2.75, 3.05) is 7.05 Å². The lowest BCUT2D eigenvalue weighted by atomic mass is 10.1. The van der Waals surface area contributed by atoms with Crippen molar-refractivity contribution in [2.45, 2.75) is 29.5 Å². The lowest BCUT2D eigenvalue weighted by Crippen LogP contribution is -2.28. The summed E-state index contributed by atoms with van der Waals surface area (Å²) in [6.45, 7) is 0. The van der Waals surface area contributed by atoms with Gasteiger partial charge in [0.2, 0.25) is 0 Å². The van der Waals surface area contributed by atoms with Gasteiger partial charge in [0.25, 0.3) is 5.91 Å². The molecule has 0 bridgehead atoms. The van der Waals surface area contributed by atoms with Crippen LogP contribution in [0.2, 0.25) is 10.0 Å². The number of halogens is 2. The largest absolute Gasteiger partial charge is 0.339 e. The Hall–Kier alpha value is -1.16. The van der Waals surface area contributed by atoms with Gasteiger partial charge in [0.15, 0.2) is 0 Å². The number of benzene rings is 2. The predicted octanol–water partition coefficient (Wildman–Crippen LogP) is 5.52. The predicted molar refractivity (Wildman–Crippen MR) is 97.6 cm³/mol. The third-order valence-corrected chi connectivity index (χ3v) is 5.68. The maximum absolute atomic E-state index is 12.4. The van der Waals surface area contributed by atoms with Crippen LogP contribution in [0.5, 0.6) is 0 Å². The second-order valence-corrected chi connectivity index (χ2v) is 7.57. The molecule has 1 fully saturated rings. The van der Waals surface area contributed by atoms with Crippen LogP contribution in [0.3, 0.4) is 0 Å². The SMILES string of the molecule is CN(C(=O)c1cccc(CSc2cc(Cl)ccc2Cl)c1)C1CC1. The van der Waals surface area contributed by atoms with Crippen LogP contribution in [0.4, 0.5) is 0 Å². The first-order valence-corrected chi connectivity index (χ1v) is 9.22. The van der Waals surface area contributed by atoms with E-state index in [0.29, 0.717) is 16.1 Å². The molecule has 0 N–H and O–H groups in total. The third kappa shape index (κ3) is 4.23. The Labute approximate surface area is 150 Å². The molecular formula is C18H17Cl2NOS. The van der Waals surface area contributed by atoms with Gasteiger partial charge < -0.3 is 4.90 Å². The molecule has 0 heterocycles. The molecule has 0 saturated heterocycles. The molecule has 1 saturated carbocycles. The molecule has 0 unspecified atom stereocenters. The summed E-state index contributed by atoms with van der Waals surface area (Å²) < 4.78 is 0. The van der Waals surface area contributed by atoms with Gasteiger partial charge >= 0.3 is 0 Å². The van der Waals surface area contributed by atoms with E-state index >= 15 is 0 Å². The quantitative estimate of drug-likeness (QED) is 0.650. The molecule has 0 radical (unpaired) electrons. The first kappa shape index (κ1) is 16.7. The smallest absolute Gasteiger partial charge is 0.253 e. The first-order chi connectivity index (χ1) is 11.0. The van der Waals surface area contributed by atoms with E-state index in [2.05, 4.69) is 0 Å². The lowest BCUT2D eigenvalue weighted by molar-refractivity contribution is 0.0785. The van der Waals surface area contributed by atoms with E-state index in [1.165, 1.54) is 0 Å². The first-order valence-electron chi connectivity index (χ1n) is 7.48. The molecule has 0 aliphatic heterocycles. The summed E-state index contributed by atoms with van der Waals surface area (Å²) in [4.78, 5) is 15.2. The van der Waals surface area contributed by atoms with E-state index in [0.717, 1.165) is 34.6 Å². The van der Waals surface area contributed by atoms with Gasteiger partial charge in [-0.05, 0) is 48.7 Å². The Bertz CT molecular complexity index is 731. The minimum Gasteiger partial charge on any atom is -0.339 e. The van der Waals surface area contributed by atoms with Crippen LogP contribution < -0.4 is 0 Å². The summed E-state index contributed by atoms with van der Waals surface area (Å²) in [5, 5.41) is 1.37. The molecule has 23 heavy (non-hydrogen) atoms. The highest BCUT2D eigenvalue weighted by molar-refractivity contribution is 7.98. The average Bonchev–Trinajstić information content (AvgIpc) is 3.39. The molecular weight excluding hydrogens is 349 g/mol. The Morgan fingerprint density at radius 1 is 1.22 bits per heavy atom. The molecule has 1 aliphatic carbocycles. The molecule has 0 spiro atoms. The highest BCUT2D eigenvalue weighted by atomic mass is 35.5. The zero-order valence-electron chi connectivity index (χ0n) is 12.8. The van der Waals surface area contributed by atoms with Crippen molar-refractivity contribution in [1.29, 1.82) is 0 Å². The van der Waals surface area contributed by atoms with Gasteiger partial charge in [0.1, 0.15) is 0 Å². The number of thioether (sulfide) groups is 1. The monoisotopic (exact) mass is 365 g/mol. The fraction of sp³-hybridized carbons (Fsp3) is 0.278. The van der Waals surface area contributed by atoms with Crippen LogP contribution in [0.25, 0.3) is 0 Å². The fourth-order valence-electron chi connectivity index (χ4n) is 2.37. The molecule has 2 aromatic rings. The zero-order valence-corrected chi connectivity index (χ0v) is 15.1. The summed E-state index contributed by atoms with van der Waals surface area (Å²) in [6, 6.07) is 13.7. The standard InChI is InChI=1S/C18H17Cl2NOS/c1-21(15-6-7-15)18(22)13-4-2-3-12(9-13)11-23-17-10-14(19)5-8-16(17)20/h2-5,8-10,15H,6-7,11H2,1H3. The van der Waals surface area contributed by atoms with Crippen LogP contribution in [0, 0.1) is 0 Å². The van der Waals surface area contributed by atoms with Crippen molar-refractivity contribution in [3.8, 4) is 0 Å². The van der Waals surface area contributed by atoms with Gasteiger partial charge in [-0.2, -0.15) is 0 Å². The normalized spacial score (nSPS) is 13.9. The number of hydrogen-bond acceptors (Lipinski definition) is 2. The van der Waals surface area contributed by atoms with E-state index < -0.39 is 0 Å². The summed E-state index contributed by atoms with van der Waals surface area (Å²) in [7, 11) is 1.88. The molecule has 1 amide bonds. The van der Waals surface area contributed by atoms with Gasteiger partial charge in [0, 0.05) is 34.3 Å². The van der Waals surface area contributed by atoms with Crippen molar-refractivity contribution in [2.24, 2.45) is 0 Å². The molecule has 0 atom stereocenters. The summed E-state index contributed by atoms with van der Waals surface area (Å²) in [5.74, 6) is 0.842. The number of carbonyl (C=O) groups excluding carboxylic acids is 1. The molecule has 5 heteroatoms. The summed E-state index contributed by atoms with van der Waals surface area (Å²) in [6.07, 6.45) is 2.23. The topological polar surface area (TPSA) is 20.3 Å². The third-order valence-electron chi connectivity index (χ3n) is 3.88. The Balaban J connectivity index is 1.70. The van der Waals surface area contributed by atoms with Gasteiger partial charge in [0.05, 0.1) is 5.02 Å². The van der Waals surface area contributed by atoms with Crippen molar-refractivity contribution < 1.29 is 4.79 Å². The fourth-order valence-corrected chi connectivity index (χ4v) is 3.81. The van der Waals surface area contributed by atoms with Crippen LogP contribution in [0.1, 0.15) is 28.8 Å². The van der Waals surface area contributed by atoms with Crippen molar-refractivity contribution in [3.63, 3.8) is 0 Å². The maximum Gasteiger partial charge on any atom is 0.253 e. The van der Waals surface area contributed by atoms with Gasteiger partial charge in [-0.15, -0.1) is 11.8 Å². The highest BCUT2D eigenvalue weighted by Gasteiger charge is 2.30. The van der Waals surface area contributed by atoms with E-state index in [1.807, 2.05) is 42.3 Å². The lowest BCUT2D eigenvalue weighted by Gasteiger charge is -2.16. The number of nitrogens with zero attached hydrogens (tertiary/aromatic N) is 1. The molecule has 2 aromatic carbocycles. The Kier molecular flexibility index (Phi) is 5.20. The maximum atomic E-state index is 12.4. The number of amides is 1. The van der Waals surface area contributed by atoms with E-state index in [9.17, 15) is 4.79 Å². The van der Waals surface area contributed by atoms with E-state index in [4.69, 9.17) is 23.2 Å². The van der Waals surface area contributed by atoms with Crippen LogP contribution in [-0.2, 0) is 5.75 Å². The van der Waals surface area contributed by atoms with Crippen LogP contribution in [0.15, 0.2) is 47.4 Å². The minimum absolute atomic E-state index is 0.0973. The van der Waals surface area contributed by atoms with Crippen LogP contribution in [-0.4, -0.2) is 23.9 Å². The number of rotatable bonds is 5. The average molecular weight is 366 g/mol. The van der Waals surface area contributed by atoms with Gasteiger partial charge in [-0.3, -0.25) is 4.79 Å². The zero-order chi connectivity index (χ0) is 16.4. The molecule has 2 nitrogen and oxygen atoms in total. The van der Waals surface area contributed by atoms with Crippen LogP contribution >= 0.6 is 35.0 Å². The number of carbonyl (C=O) groups is 1. The summed E-state index contributed by atoms with van der Waals surface area (Å²) >= 11 is 13.8. The molecule has 3 rings (SSSR count). The minimum atomic E-state index is 0.0973. The number of hydrogen-bond donors (Lipinski definition) is 0.